The van der Waals surface area contributed by atoms with Crippen LogP contribution in [0.1, 0.15) is 45.9 Å². The number of piperidine rings is 1. The summed E-state index contributed by atoms with van der Waals surface area (Å²) < 4.78 is 34.4. The maximum absolute atomic E-state index is 13.1. The Morgan fingerprint density at radius 3 is 2.53 bits per heavy atom. The Labute approximate surface area is 176 Å². The summed E-state index contributed by atoms with van der Waals surface area (Å²) in [5, 5.41) is 14.3. The number of carbonyl (C=O) groups excluding carboxylic acids is 1. The molecule has 1 amide bonds. The highest BCUT2D eigenvalue weighted by Gasteiger charge is 2.29. The molecule has 1 fully saturated rings. The van der Waals surface area contributed by atoms with E-state index in [-0.39, 0.29) is 28.5 Å². The lowest BCUT2D eigenvalue weighted by molar-refractivity contribution is -0.117. The maximum atomic E-state index is 13.1. The summed E-state index contributed by atoms with van der Waals surface area (Å²) in [5.74, 6) is 0.467. The van der Waals surface area contributed by atoms with Gasteiger partial charge in [-0.1, -0.05) is 27.2 Å². The van der Waals surface area contributed by atoms with Crippen molar-refractivity contribution in [2.75, 3.05) is 25.5 Å². The van der Waals surface area contributed by atoms with Gasteiger partial charge in [0.2, 0.25) is 15.9 Å². The van der Waals surface area contributed by atoms with E-state index in [9.17, 15) is 13.2 Å². The Hall–Kier alpha value is -2.53. The van der Waals surface area contributed by atoms with Crippen LogP contribution in [-0.4, -0.2) is 59.0 Å². The average molecular weight is 437 g/mol. The van der Waals surface area contributed by atoms with Gasteiger partial charge in [-0.25, -0.2) is 13.1 Å². The molecular formula is C19H28N6O4S. The number of hydrogen-bond donors (Lipinski definition) is 1. The van der Waals surface area contributed by atoms with Gasteiger partial charge in [0, 0.05) is 24.2 Å². The molecule has 2 aromatic rings. The molecule has 1 N–H and O–H groups in total. The molecule has 164 valence electrons. The van der Waals surface area contributed by atoms with Crippen molar-refractivity contribution in [1.29, 1.82) is 0 Å². The molecule has 0 unspecified atom stereocenters. The van der Waals surface area contributed by atoms with Crippen molar-refractivity contribution in [1.82, 2.24) is 24.5 Å². The number of anilines is 1. The average Bonchev–Trinajstić information content (AvgIpc) is 3.17. The van der Waals surface area contributed by atoms with Crippen LogP contribution in [0.3, 0.4) is 0 Å². The smallest absolute Gasteiger partial charge is 0.246 e. The van der Waals surface area contributed by atoms with E-state index in [0.717, 1.165) is 19.3 Å². The van der Waals surface area contributed by atoms with Crippen LogP contribution in [0.4, 0.5) is 5.69 Å². The SMILES string of the molecule is COc1ccc(NC(=O)Cn2nnnc2C(C)(C)C)cc1S(=O)(=O)N1CCCCC1. The highest BCUT2D eigenvalue weighted by Crippen LogP contribution is 2.31. The van der Waals surface area contributed by atoms with Crippen molar-refractivity contribution in [2.45, 2.75) is 56.9 Å². The number of sulfonamides is 1. The van der Waals surface area contributed by atoms with Crippen molar-refractivity contribution in [2.24, 2.45) is 0 Å². The second-order valence-electron chi connectivity index (χ2n) is 8.29. The third kappa shape index (κ3) is 4.78. The molecule has 1 aromatic heterocycles. The molecule has 0 radical (unpaired) electrons. The van der Waals surface area contributed by atoms with Crippen molar-refractivity contribution < 1.29 is 17.9 Å². The molecule has 30 heavy (non-hydrogen) atoms. The minimum Gasteiger partial charge on any atom is -0.495 e. The number of methoxy groups -OCH3 is 1. The summed E-state index contributed by atoms with van der Waals surface area (Å²) in [4.78, 5) is 12.6. The number of tetrazole rings is 1. The number of carbonyl (C=O) groups is 1. The number of nitrogens with one attached hydrogen (secondary N) is 1. The highest BCUT2D eigenvalue weighted by atomic mass is 32.2. The fourth-order valence-electron chi connectivity index (χ4n) is 3.39. The van der Waals surface area contributed by atoms with Crippen molar-refractivity contribution >= 4 is 21.6 Å². The van der Waals surface area contributed by atoms with Gasteiger partial charge in [0.1, 0.15) is 17.2 Å². The molecule has 10 nitrogen and oxygen atoms in total. The lowest BCUT2D eigenvalue weighted by Gasteiger charge is -2.26. The predicted octanol–water partition coefficient (Wildman–Crippen LogP) is 1.79. The van der Waals surface area contributed by atoms with Crippen molar-refractivity contribution in [3.05, 3.63) is 24.0 Å². The van der Waals surface area contributed by atoms with Crippen LogP contribution in [0, 0.1) is 0 Å². The van der Waals surface area contributed by atoms with Crippen LogP contribution in [0.15, 0.2) is 23.1 Å². The van der Waals surface area contributed by atoms with Crippen LogP contribution in [0.5, 0.6) is 5.75 Å². The zero-order valence-corrected chi connectivity index (χ0v) is 18.6. The number of amides is 1. The van der Waals surface area contributed by atoms with Gasteiger partial charge >= 0.3 is 0 Å². The number of aromatic nitrogens is 4. The molecule has 1 aromatic carbocycles. The third-order valence-corrected chi connectivity index (χ3v) is 6.80. The molecule has 1 aliphatic rings. The summed E-state index contributed by atoms with van der Waals surface area (Å²) in [6.07, 6.45) is 2.69. The van der Waals surface area contributed by atoms with Crippen LogP contribution in [0.25, 0.3) is 0 Å². The number of hydrogen-bond acceptors (Lipinski definition) is 7. The second kappa shape index (κ2) is 8.68. The Bertz CT molecular complexity index is 1010. The van der Waals surface area contributed by atoms with Crippen molar-refractivity contribution in [3.63, 3.8) is 0 Å². The van der Waals surface area contributed by atoms with Gasteiger partial charge < -0.3 is 10.1 Å². The van der Waals surface area contributed by atoms with E-state index >= 15 is 0 Å². The van der Waals surface area contributed by atoms with Gasteiger partial charge in [0.15, 0.2) is 5.82 Å². The first kappa shape index (κ1) is 22.2. The Kier molecular flexibility index (Phi) is 6.41. The summed E-state index contributed by atoms with van der Waals surface area (Å²) in [5.41, 5.74) is 0.0429. The molecule has 0 atom stereocenters. The van der Waals surface area contributed by atoms with E-state index in [0.29, 0.717) is 24.6 Å². The van der Waals surface area contributed by atoms with E-state index in [4.69, 9.17) is 4.74 Å². The number of benzene rings is 1. The lowest BCUT2D eigenvalue weighted by atomic mass is 9.96. The fraction of sp³-hybridized carbons (Fsp3) is 0.579. The minimum atomic E-state index is -3.72. The Morgan fingerprint density at radius 1 is 1.20 bits per heavy atom. The van der Waals surface area contributed by atoms with E-state index in [2.05, 4.69) is 20.8 Å². The molecule has 0 aliphatic carbocycles. The van der Waals surface area contributed by atoms with Gasteiger partial charge in [0.05, 0.1) is 7.11 Å². The monoisotopic (exact) mass is 436 g/mol. The second-order valence-corrected chi connectivity index (χ2v) is 10.2. The molecule has 11 heteroatoms. The Balaban J connectivity index is 1.81. The molecular weight excluding hydrogens is 408 g/mol. The molecule has 0 saturated carbocycles. The van der Waals surface area contributed by atoms with Gasteiger partial charge in [-0.3, -0.25) is 4.79 Å². The summed E-state index contributed by atoms with van der Waals surface area (Å²) in [6.45, 7) is 6.74. The minimum absolute atomic E-state index is 0.0440. The zero-order chi connectivity index (χ0) is 21.9. The number of rotatable bonds is 6. The lowest BCUT2D eigenvalue weighted by Crippen LogP contribution is -2.35. The van der Waals surface area contributed by atoms with Crippen LogP contribution >= 0.6 is 0 Å². The summed E-state index contributed by atoms with van der Waals surface area (Å²) >= 11 is 0. The first-order valence-electron chi connectivity index (χ1n) is 9.87. The van der Waals surface area contributed by atoms with Crippen molar-refractivity contribution in [3.8, 4) is 5.75 Å². The van der Waals surface area contributed by atoms with Crippen LogP contribution < -0.4 is 10.1 Å². The molecule has 3 rings (SSSR count). The van der Waals surface area contributed by atoms with Crippen LogP contribution in [0.2, 0.25) is 0 Å². The van der Waals surface area contributed by atoms with E-state index < -0.39 is 10.0 Å². The molecule has 1 aliphatic heterocycles. The Morgan fingerprint density at radius 2 is 1.90 bits per heavy atom. The van der Waals surface area contributed by atoms with Gasteiger partial charge in [-0.15, -0.1) is 5.10 Å². The van der Waals surface area contributed by atoms with Gasteiger partial charge in [-0.2, -0.15) is 4.31 Å². The predicted molar refractivity (Wildman–Crippen MR) is 111 cm³/mol. The van der Waals surface area contributed by atoms with E-state index in [1.54, 1.807) is 12.1 Å². The quantitative estimate of drug-likeness (QED) is 0.733. The van der Waals surface area contributed by atoms with E-state index in [1.165, 1.54) is 22.2 Å². The molecule has 1 saturated heterocycles. The summed E-state index contributed by atoms with van der Waals surface area (Å²) in [6, 6.07) is 4.59. The zero-order valence-electron chi connectivity index (χ0n) is 17.8. The summed E-state index contributed by atoms with van der Waals surface area (Å²) in [7, 11) is -2.29. The first-order chi connectivity index (χ1) is 14.1. The topological polar surface area (TPSA) is 119 Å². The van der Waals surface area contributed by atoms with Gasteiger partial charge in [0.25, 0.3) is 0 Å². The first-order valence-corrected chi connectivity index (χ1v) is 11.3. The standard InChI is InChI=1S/C19H28N6O4S/c1-19(2,3)18-21-22-23-25(18)13-17(26)20-14-8-9-15(29-4)16(12-14)30(27,28)24-10-6-5-7-11-24/h8-9,12H,5-7,10-11,13H2,1-4H3,(H,20,26). The van der Waals surface area contributed by atoms with Crippen LogP contribution in [-0.2, 0) is 26.8 Å². The largest absolute Gasteiger partial charge is 0.495 e. The van der Waals surface area contributed by atoms with Gasteiger partial charge in [-0.05, 0) is 41.5 Å². The third-order valence-electron chi connectivity index (χ3n) is 4.88. The highest BCUT2D eigenvalue weighted by molar-refractivity contribution is 7.89. The fourth-order valence-corrected chi connectivity index (χ4v) is 5.08. The molecule has 0 spiro atoms. The number of ether oxygens (including phenoxy) is 1. The molecule has 2 heterocycles. The van der Waals surface area contributed by atoms with E-state index in [1.807, 2.05) is 20.8 Å². The molecule has 0 bridgehead atoms. The number of nitrogens with zero attached hydrogens (tertiary/aromatic N) is 5. The normalized spacial score (nSPS) is 15.7. The maximum Gasteiger partial charge on any atom is 0.246 e.